The third-order valence-corrected chi connectivity index (χ3v) is 6.59. The van der Waals surface area contributed by atoms with Crippen LogP contribution in [0.3, 0.4) is 0 Å². The minimum absolute atomic E-state index is 0.109. The Morgan fingerprint density at radius 1 is 1.23 bits per heavy atom. The molecular formula is C18H20N2O4S2. The van der Waals surface area contributed by atoms with Crippen LogP contribution in [0.5, 0.6) is 0 Å². The number of hydrogen-bond donors (Lipinski definition) is 3. The number of hydrogen-bond acceptors (Lipinski definition) is 5. The van der Waals surface area contributed by atoms with Gasteiger partial charge < -0.3 is 10.4 Å². The Morgan fingerprint density at radius 3 is 2.46 bits per heavy atom. The molecule has 1 fully saturated rings. The fourth-order valence-corrected chi connectivity index (χ4v) is 4.79. The lowest BCUT2D eigenvalue weighted by Crippen LogP contribution is -2.22. The Kier molecular flexibility index (Phi) is 5.55. The summed E-state index contributed by atoms with van der Waals surface area (Å²) < 4.78 is 24.2. The van der Waals surface area contributed by atoms with E-state index in [0.29, 0.717) is 23.0 Å². The maximum atomic E-state index is 12.1. The predicted octanol–water partition coefficient (Wildman–Crippen LogP) is 3.40. The zero-order chi connectivity index (χ0) is 18.7. The number of benzene rings is 2. The van der Waals surface area contributed by atoms with Crippen molar-refractivity contribution in [1.82, 2.24) is 0 Å². The second kappa shape index (κ2) is 7.69. The Morgan fingerprint density at radius 2 is 1.92 bits per heavy atom. The number of anilines is 1. The molecule has 0 amide bonds. The monoisotopic (exact) mass is 392 g/mol. The molecule has 0 atom stereocenters. The minimum Gasteiger partial charge on any atom is -0.478 e. The average Bonchev–Trinajstić information content (AvgIpc) is 2.54. The highest BCUT2D eigenvalue weighted by Crippen LogP contribution is 2.39. The van der Waals surface area contributed by atoms with Crippen LogP contribution in [0, 0.1) is 5.92 Å². The van der Waals surface area contributed by atoms with E-state index in [0.717, 1.165) is 23.8 Å². The molecule has 6 nitrogen and oxygen atoms in total. The smallest absolute Gasteiger partial charge is 0.335 e. The molecule has 0 bridgehead atoms. The van der Waals surface area contributed by atoms with Crippen LogP contribution in [0.1, 0.15) is 29.6 Å². The van der Waals surface area contributed by atoms with E-state index in [2.05, 4.69) is 5.32 Å². The first kappa shape index (κ1) is 18.8. The summed E-state index contributed by atoms with van der Waals surface area (Å²) in [6.07, 6.45) is 3.43. The van der Waals surface area contributed by atoms with Gasteiger partial charge in [-0.3, -0.25) is 0 Å². The quantitative estimate of drug-likeness (QED) is 0.666. The van der Waals surface area contributed by atoms with E-state index in [4.69, 9.17) is 5.14 Å². The van der Waals surface area contributed by atoms with Crippen LogP contribution in [0.25, 0.3) is 0 Å². The van der Waals surface area contributed by atoms with Crippen molar-refractivity contribution in [2.45, 2.75) is 33.9 Å². The number of nitrogens with one attached hydrogen (secondary N) is 1. The molecule has 1 aliphatic carbocycles. The summed E-state index contributed by atoms with van der Waals surface area (Å²) in [5.41, 5.74) is 0.372. The number of primary sulfonamides is 1. The molecular weight excluding hydrogens is 372 g/mol. The van der Waals surface area contributed by atoms with Gasteiger partial charge >= 0.3 is 5.97 Å². The summed E-state index contributed by atoms with van der Waals surface area (Å²) in [4.78, 5) is 12.5. The van der Waals surface area contributed by atoms with Crippen molar-refractivity contribution in [2.24, 2.45) is 11.1 Å². The van der Waals surface area contributed by atoms with Gasteiger partial charge in [-0.05, 0) is 43.0 Å². The lowest BCUT2D eigenvalue weighted by Gasteiger charge is -2.27. The normalized spacial score (nSPS) is 14.7. The zero-order valence-electron chi connectivity index (χ0n) is 14.0. The molecule has 2 aromatic carbocycles. The van der Waals surface area contributed by atoms with Gasteiger partial charge in [-0.1, -0.05) is 36.4 Å². The van der Waals surface area contributed by atoms with Gasteiger partial charge in [0.25, 0.3) is 0 Å². The lowest BCUT2D eigenvalue weighted by molar-refractivity contribution is 0.0696. The Labute approximate surface area is 156 Å². The fraction of sp³-hybridized carbons (Fsp3) is 0.278. The molecule has 0 aliphatic heterocycles. The second-order valence-electron chi connectivity index (χ2n) is 6.29. The molecule has 2 aromatic rings. The Hall–Kier alpha value is -2.03. The number of carbonyl (C=O) groups is 1. The summed E-state index contributed by atoms with van der Waals surface area (Å²) in [5, 5.41) is 18.0. The third kappa shape index (κ3) is 4.38. The molecule has 0 spiro atoms. The highest BCUT2D eigenvalue weighted by atomic mass is 32.2. The summed E-state index contributed by atoms with van der Waals surface area (Å²) in [7, 11) is -4.09. The summed E-state index contributed by atoms with van der Waals surface area (Å²) >= 11 is 1.25. The maximum Gasteiger partial charge on any atom is 0.335 e. The van der Waals surface area contributed by atoms with Crippen molar-refractivity contribution in [3.05, 3.63) is 48.0 Å². The van der Waals surface area contributed by atoms with E-state index in [1.165, 1.54) is 24.2 Å². The van der Waals surface area contributed by atoms with Crippen LogP contribution >= 0.6 is 11.8 Å². The fourth-order valence-electron chi connectivity index (χ4n) is 2.73. The minimum atomic E-state index is -4.09. The molecule has 3 rings (SSSR count). The van der Waals surface area contributed by atoms with Gasteiger partial charge in [0.2, 0.25) is 10.0 Å². The molecule has 1 aliphatic rings. The Balaban J connectivity index is 2.07. The van der Waals surface area contributed by atoms with Crippen molar-refractivity contribution in [3.8, 4) is 0 Å². The van der Waals surface area contributed by atoms with E-state index in [1.54, 1.807) is 0 Å². The first-order chi connectivity index (χ1) is 12.3. The molecule has 4 N–H and O–H groups in total. The molecule has 0 unspecified atom stereocenters. The van der Waals surface area contributed by atoms with Crippen molar-refractivity contribution < 1.29 is 18.3 Å². The SMILES string of the molecule is NS(=O)(=O)c1cc(C(=O)O)cc(NCC2CCC2)c1Sc1ccccc1. The molecule has 0 aromatic heterocycles. The number of aromatic carboxylic acids is 1. The van der Waals surface area contributed by atoms with Gasteiger partial charge in [0, 0.05) is 11.4 Å². The van der Waals surface area contributed by atoms with Crippen LogP contribution in [0.4, 0.5) is 5.69 Å². The van der Waals surface area contributed by atoms with E-state index in [1.807, 2.05) is 30.3 Å². The van der Waals surface area contributed by atoms with Crippen LogP contribution in [-0.2, 0) is 10.0 Å². The number of sulfonamides is 1. The van der Waals surface area contributed by atoms with Crippen molar-refractivity contribution in [3.63, 3.8) is 0 Å². The molecule has 8 heteroatoms. The van der Waals surface area contributed by atoms with E-state index in [9.17, 15) is 18.3 Å². The van der Waals surface area contributed by atoms with E-state index >= 15 is 0 Å². The van der Waals surface area contributed by atoms with Gasteiger partial charge in [0.15, 0.2) is 0 Å². The second-order valence-corrected chi connectivity index (χ2v) is 8.91. The molecule has 0 heterocycles. The maximum absolute atomic E-state index is 12.1. The highest BCUT2D eigenvalue weighted by Gasteiger charge is 2.24. The Bertz CT molecular complexity index is 910. The standard InChI is InChI=1S/C18H20N2O4S2/c19-26(23,24)16-10-13(18(21)22)9-15(20-11-12-5-4-6-12)17(16)25-14-7-2-1-3-8-14/h1-3,7-10,12,20H,4-6,11H2,(H,21,22)(H2,19,23,24). The van der Waals surface area contributed by atoms with E-state index < -0.39 is 16.0 Å². The molecule has 26 heavy (non-hydrogen) atoms. The van der Waals surface area contributed by atoms with Crippen molar-refractivity contribution >= 4 is 33.4 Å². The summed E-state index contributed by atoms with van der Waals surface area (Å²) in [5.74, 6) is -0.672. The topological polar surface area (TPSA) is 109 Å². The zero-order valence-corrected chi connectivity index (χ0v) is 15.6. The predicted molar refractivity (Wildman–Crippen MR) is 101 cm³/mol. The van der Waals surface area contributed by atoms with Crippen LogP contribution < -0.4 is 10.5 Å². The summed E-state index contributed by atoms with van der Waals surface area (Å²) in [6, 6.07) is 11.9. The molecule has 1 saturated carbocycles. The average molecular weight is 393 g/mol. The van der Waals surface area contributed by atoms with Gasteiger partial charge in [0.1, 0.15) is 0 Å². The molecule has 0 radical (unpaired) electrons. The van der Waals surface area contributed by atoms with Crippen LogP contribution in [0.15, 0.2) is 57.2 Å². The van der Waals surface area contributed by atoms with Gasteiger partial charge in [-0.15, -0.1) is 0 Å². The number of carboxylic acid groups (broad SMARTS) is 1. The van der Waals surface area contributed by atoms with E-state index in [-0.39, 0.29) is 10.5 Å². The third-order valence-electron chi connectivity index (χ3n) is 4.38. The van der Waals surface area contributed by atoms with Crippen molar-refractivity contribution in [2.75, 3.05) is 11.9 Å². The highest BCUT2D eigenvalue weighted by molar-refractivity contribution is 8.00. The first-order valence-electron chi connectivity index (χ1n) is 8.25. The molecule has 138 valence electrons. The first-order valence-corrected chi connectivity index (χ1v) is 10.6. The van der Waals surface area contributed by atoms with Crippen LogP contribution in [-0.4, -0.2) is 26.0 Å². The number of carboxylic acids is 1. The molecule has 0 saturated heterocycles. The van der Waals surface area contributed by atoms with Crippen molar-refractivity contribution in [1.29, 1.82) is 0 Å². The van der Waals surface area contributed by atoms with Gasteiger partial charge in [0.05, 0.1) is 21.0 Å². The van der Waals surface area contributed by atoms with Gasteiger partial charge in [-0.2, -0.15) is 0 Å². The number of rotatable bonds is 7. The number of nitrogens with two attached hydrogens (primary N) is 1. The lowest BCUT2D eigenvalue weighted by atomic mass is 9.85. The largest absolute Gasteiger partial charge is 0.478 e. The summed E-state index contributed by atoms with van der Waals surface area (Å²) in [6.45, 7) is 0.676. The van der Waals surface area contributed by atoms with Gasteiger partial charge in [-0.25, -0.2) is 18.4 Å². The van der Waals surface area contributed by atoms with Crippen LogP contribution in [0.2, 0.25) is 0 Å².